The molecule has 0 aliphatic heterocycles. The summed E-state index contributed by atoms with van der Waals surface area (Å²) in [6, 6.07) is 17.2. The van der Waals surface area contributed by atoms with Crippen LogP contribution in [0.2, 0.25) is 5.02 Å². The number of amides is 1. The first-order valence-corrected chi connectivity index (χ1v) is 8.77. The Bertz CT molecular complexity index is 1040. The number of nitrogens with one attached hydrogen (secondary N) is 1. The van der Waals surface area contributed by atoms with Crippen LogP contribution in [0.5, 0.6) is 0 Å². The molecule has 25 heavy (non-hydrogen) atoms. The molecule has 0 spiro atoms. The maximum absolute atomic E-state index is 12.4. The molecule has 0 saturated carbocycles. The third kappa shape index (κ3) is 3.24. The number of carbonyl (C=O) groups excluding carboxylic acids is 1. The molecule has 4 nitrogen and oxygen atoms in total. The van der Waals surface area contributed by atoms with E-state index in [4.69, 9.17) is 11.6 Å². The van der Waals surface area contributed by atoms with E-state index in [1.165, 1.54) is 6.20 Å². The summed E-state index contributed by atoms with van der Waals surface area (Å²) in [7, 11) is 0. The van der Waals surface area contributed by atoms with Gasteiger partial charge in [-0.05, 0) is 30.3 Å². The predicted octanol–water partition coefficient (Wildman–Crippen LogP) is 5.26. The van der Waals surface area contributed by atoms with Crippen LogP contribution in [-0.4, -0.2) is 15.9 Å². The molecule has 4 aromatic rings. The number of rotatable bonds is 3. The Morgan fingerprint density at radius 2 is 1.96 bits per heavy atom. The van der Waals surface area contributed by atoms with Crippen LogP contribution in [0.3, 0.4) is 0 Å². The van der Waals surface area contributed by atoms with Crippen molar-refractivity contribution in [3.63, 3.8) is 0 Å². The first-order chi connectivity index (χ1) is 12.2. The monoisotopic (exact) mass is 365 g/mol. The van der Waals surface area contributed by atoms with E-state index >= 15 is 0 Å². The fraction of sp³-hybridized carbons (Fsp3) is 0. The van der Waals surface area contributed by atoms with Gasteiger partial charge in [0.1, 0.15) is 5.01 Å². The van der Waals surface area contributed by atoms with Crippen LogP contribution in [0.4, 0.5) is 5.69 Å². The number of anilines is 1. The molecule has 2 heterocycles. The van der Waals surface area contributed by atoms with Crippen LogP contribution in [0, 0.1) is 0 Å². The maximum Gasteiger partial charge on any atom is 0.258 e. The molecule has 0 aliphatic carbocycles. The highest BCUT2D eigenvalue weighted by molar-refractivity contribution is 7.21. The van der Waals surface area contributed by atoms with Gasteiger partial charge in [0.15, 0.2) is 0 Å². The Morgan fingerprint density at radius 1 is 1.08 bits per heavy atom. The molecule has 1 N–H and O–H groups in total. The molecule has 6 heteroatoms. The lowest BCUT2D eigenvalue weighted by Crippen LogP contribution is -2.12. The van der Waals surface area contributed by atoms with E-state index in [0.29, 0.717) is 16.3 Å². The zero-order valence-corrected chi connectivity index (χ0v) is 14.5. The number of carbonyl (C=O) groups is 1. The number of nitrogens with zero attached hydrogens (tertiary/aromatic N) is 2. The van der Waals surface area contributed by atoms with Gasteiger partial charge in [-0.3, -0.25) is 9.78 Å². The van der Waals surface area contributed by atoms with E-state index in [1.54, 1.807) is 23.6 Å². The number of halogens is 1. The van der Waals surface area contributed by atoms with Crippen molar-refractivity contribution in [3.05, 3.63) is 77.6 Å². The first-order valence-electron chi connectivity index (χ1n) is 7.57. The van der Waals surface area contributed by atoms with Gasteiger partial charge in [0.25, 0.3) is 5.91 Å². The van der Waals surface area contributed by atoms with Gasteiger partial charge >= 0.3 is 0 Å². The zero-order chi connectivity index (χ0) is 17.2. The Kier molecular flexibility index (Phi) is 4.17. The Balaban J connectivity index is 1.63. The van der Waals surface area contributed by atoms with E-state index in [9.17, 15) is 4.79 Å². The van der Waals surface area contributed by atoms with E-state index in [1.807, 2.05) is 48.5 Å². The molecular weight excluding hydrogens is 354 g/mol. The maximum atomic E-state index is 12.4. The minimum absolute atomic E-state index is 0.292. The highest BCUT2D eigenvalue weighted by Crippen LogP contribution is 2.31. The van der Waals surface area contributed by atoms with Crippen molar-refractivity contribution < 1.29 is 4.79 Å². The minimum atomic E-state index is -0.292. The molecule has 1 amide bonds. The van der Waals surface area contributed by atoms with Gasteiger partial charge in [0.05, 0.1) is 20.8 Å². The average molecular weight is 366 g/mol. The lowest BCUT2D eigenvalue weighted by Gasteiger charge is -2.07. The summed E-state index contributed by atoms with van der Waals surface area (Å²) in [5, 5.41) is 4.14. The van der Waals surface area contributed by atoms with E-state index in [-0.39, 0.29) is 5.91 Å². The van der Waals surface area contributed by atoms with Gasteiger partial charge in [0.2, 0.25) is 0 Å². The molecule has 0 radical (unpaired) electrons. The molecule has 2 aromatic heterocycles. The summed E-state index contributed by atoms with van der Waals surface area (Å²) < 4.78 is 1.13. The smallest absolute Gasteiger partial charge is 0.258 e. The number of thiazole rings is 1. The molecule has 2 aromatic carbocycles. The number of para-hydroxylation sites is 1. The highest BCUT2D eigenvalue weighted by atomic mass is 35.5. The normalized spacial score (nSPS) is 10.8. The minimum Gasteiger partial charge on any atom is -0.322 e. The highest BCUT2D eigenvalue weighted by Gasteiger charge is 2.12. The van der Waals surface area contributed by atoms with Crippen molar-refractivity contribution in [2.24, 2.45) is 0 Å². The van der Waals surface area contributed by atoms with Gasteiger partial charge in [0, 0.05) is 23.6 Å². The van der Waals surface area contributed by atoms with Crippen LogP contribution in [0.25, 0.3) is 20.8 Å². The summed E-state index contributed by atoms with van der Waals surface area (Å²) in [5.74, 6) is -0.292. The summed E-state index contributed by atoms with van der Waals surface area (Å²) >= 11 is 7.67. The van der Waals surface area contributed by atoms with E-state index in [0.717, 1.165) is 20.8 Å². The van der Waals surface area contributed by atoms with E-state index in [2.05, 4.69) is 15.3 Å². The molecule has 0 saturated heterocycles. The lowest BCUT2D eigenvalue weighted by atomic mass is 10.2. The van der Waals surface area contributed by atoms with Crippen molar-refractivity contribution >= 4 is 44.7 Å². The molecule has 0 fully saturated rings. The molecule has 0 atom stereocenters. The van der Waals surface area contributed by atoms with Crippen molar-refractivity contribution in [2.45, 2.75) is 0 Å². The molecule has 0 aliphatic rings. The third-order valence-corrected chi connectivity index (χ3v) is 5.09. The molecule has 122 valence electrons. The topological polar surface area (TPSA) is 54.9 Å². The van der Waals surface area contributed by atoms with Gasteiger partial charge < -0.3 is 5.32 Å². The fourth-order valence-corrected chi connectivity index (χ4v) is 3.62. The van der Waals surface area contributed by atoms with Crippen molar-refractivity contribution in [1.82, 2.24) is 9.97 Å². The number of hydrogen-bond donors (Lipinski definition) is 1. The SMILES string of the molecule is O=C(Nc1cccc(-c2nc3ccccc3s2)c1)c1cnccc1Cl. The summed E-state index contributed by atoms with van der Waals surface area (Å²) in [6.07, 6.45) is 3.00. The second-order valence-corrected chi connectivity index (χ2v) is 6.82. The molecule has 0 bridgehead atoms. The van der Waals surface area contributed by atoms with Crippen LogP contribution in [0.1, 0.15) is 10.4 Å². The number of aromatic nitrogens is 2. The van der Waals surface area contributed by atoms with Crippen LogP contribution in [0.15, 0.2) is 67.0 Å². The standard InChI is InChI=1S/C19H12ClN3OS/c20-15-8-9-21-11-14(15)18(24)22-13-5-3-4-12(10-13)19-23-16-6-1-2-7-17(16)25-19/h1-11H,(H,22,24). The molecule has 4 rings (SSSR count). The Hall–Kier alpha value is -2.76. The number of pyridine rings is 1. The summed E-state index contributed by atoms with van der Waals surface area (Å²) in [6.45, 7) is 0. The Morgan fingerprint density at radius 3 is 2.80 bits per heavy atom. The second-order valence-electron chi connectivity index (χ2n) is 5.38. The number of fused-ring (bicyclic) bond motifs is 1. The van der Waals surface area contributed by atoms with Crippen molar-refractivity contribution in [2.75, 3.05) is 5.32 Å². The largest absolute Gasteiger partial charge is 0.322 e. The summed E-state index contributed by atoms with van der Waals surface area (Å²) in [5.41, 5.74) is 2.95. The zero-order valence-electron chi connectivity index (χ0n) is 12.9. The Labute approximate surface area is 153 Å². The van der Waals surface area contributed by atoms with Crippen molar-refractivity contribution in [3.8, 4) is 10.6 Å². The average Bonchev–Trinajstić information content (AvgIpc) is 3.06. The molecular formula is C19H12ClN3OS. The van der Waals surface area contributed by atoms with Crippen LogP contribution in [-0.2, 0) is 0 Å². The molecule has 0 unspecified atom stereocenters. The summed E-state index contributed by atoms with van der Waals surface area (Å²) in [4.78, 5) is 21.0. The van der Waals surface area contributed by atoms with Crippen LogP contribution < -0.4 is 5.32 Å². The first kappa shape index (κ1) is 15.7. The van der Waals surface area contributed by atoms with E-state index < -0.39 is 0 Å². The van der Waals surface area contributed by atoms with Gasteiger partial charge in [-0.15, -0.1) is 11.3 Å². The lowest BCUT2D eigenvalue weighted by molar-refractivity contribution is 0.102. The second kappa shape index (κ2) is 6.63. The van der Waals surface area contributed by atoms with Gasteiger partial charge in [-0.1, -0.05) is 35.9 Å². The van der Waals surface area contributed by atoms with Gasteiger partial charge in [-0.2, -0.15) is 0 Å². The fourth-order valence-electron chi connectivity index (χ4n) is 2.47. The van der Waals surface area contributed by atoms with Crippen LogP contribution >= 0.6 is 22.9 Å². The quantitative estimate of drug-likeness (QED) is 0.538. The number of benzene rings is 2. The van der Waals surface area contributed by atoms with Gasteiger partial charge in [-0.25, -0.2) is 4.98 Å². The number of hydrogen-bond acceptors (Lipinski definition) is 4. The predicted molar refractivity (Wildman–Crippen MR) is 102 cm³/mol. The van der Waals surface area contributed by atoms with Crippen molar-refractivity contribution in [1.29, 1.82) is 0 Å². The third-order valence-electron chi connectivity index (χ3n) is 3.67.